The van der Waals surface area contributed by atoms with Crippen LogP contribution in [0, 0.1) is 0 Å². The number of hydrogen-bond donors (Lipinski definition) is 2. The SMILES string of the molecule is Oc1ccc(CNc2cccc(-n3cccn3)c2)cc1Cl. The number of benzene rings is 2. The highest BCUT2D eigenvalue weighted by atomic mass is 35.5. The van der Waals surface area contributed by atoms with Gasteiger partial charge in [0.25, 0.3) is 0 Å². The van der Waals surface area contributed by atoms with Crippen LogP contribution in [-0.4, -0.2) is 14.9 Å². The van der Waals surface area contributed by atoms with Gasteiger partial charge in [0.1, 0.15) is 5.75 Å². The van der Waals surface area contributed by atoms with Crippen molar-refractivity contribution < 1.29 is 5.11 Å². The highest BCUT2D eigenvalue weighted by Gasteiger charge is 2.01. The molecule has 0 saturated heterocycles. The Bertz CT molecular complexity index is 741. The van der Waals surface area contributed by atoms with Gasteiger partial charge in [-0.2, -0.15) is 5.10 Å². The molecule has 106 valence electrons. The number of aromatic nitrogens is 2. The number of nitrogens with zero attached hydrogens (tertiary/aromatic N) is 2. The van der Waals surface area contributed by atoms with Crippen LogP contribution < -0.4 is 5.32 Å². The summed E-state index contributed by atoms with van der Waals surface area (Å²) in [6, 6.07) is 15.1. The average molecular weight is 300 g/mol. The minimum atomic E-state index is 0.0982. The van der Waals surface area contributed by atoms with Crippen LogP contribution in [-0.2, 0) is 6.54 Å². The van der Waals surface area contributed by atoms with Crippen molar-refractivity contribution in [3.8, 4) is 11.4 Å². The van der Waals surface area contributed by atoms with E-state index in [1.165, 1.54) is 0 Å². The van der Waals surface area contributed by atoms with Gasteiger partial charge in [-0.05, 0) is 42.0 Å². The van der Waals surface area contributed by atoms with Crippen LogP contribution in [0.3, 0.4) is 0 Å². The first kappa shape index (κ1) is 13.5. The molecule has 0 unspecified atom stereocenters. The zero-order chi connectivity index (χ0) is 14.7. The van der Waals surface area contributed by atoms with Gasteiger partial charge in [0, 0.05) is 24.6 Å². The minimum Gasteiger partial charge on any atom is -0.506 e. The summed E-state index contributed by atoms with van der Waals surface area (Å²) < 4.78 is 1.81. The van der Waals surface area contributed by atoms with Crippen molar-refractivity contribution in [2.45, 2.75) is 6.54 Å². The first-order valence-electron chi connectivity index (χ1n) is 6.54. The summed E-state index contributed by atoms with van der Waals surface area (Å²) in [5.74, 6) is 0.0982. The second-order valence-corrected chi connectivity index (χ2v) is 5.05. The molecule has 3 aromatic rings. The number of rotatable bonds is 4. The molecule has 2 N–H and O–H groups in total. The summed E-state index contributed by atoms with van der Waals surface area (Å²) >= 11 is 5.90. The zero-order valence-corrected chi connectivity index (χ0v) is 12.0. The Labute approximate surface area is 127 Å². The van der Waals surface area contributed by atoms with Crippen molar-refractivity contribution >= 4 is 17.3 Å². The van der Waals surface area contributed by atoms with Crippen LogP contribution in [0.2, 0.25) is 5.02 Å². The number of halogens is 1. The molecule has 0 aliphatic heterocycles. The van der Waals surface area contributed by atoms with Gasteiger partial charge in [0.05, 0.1) is 10.7 Å². The van der Waals surface area contributed by atoms with Gasteiger partial charge in [-0.15, -0.1) is 0 Å². The molecule has 1 heterocycles. The van der Waals surface area contributed by atoms with E-state index in [4.69, 9.17) is 11.6 Å². The topological polar surface area (TPSA) is 50.1 Å². The van der Waals surface area contributed by atoms with Gasteiger partial charge in [-0.3, -0.25) is 0 Å². The fourth-order valence-corrected chi connectivity index (χ4v) is 2.25. The third-order valence-electron chi connectivity index (χ3n) is 3.12. The molecule has 0 amide bonds. The maximum Gasteiger partial charge on any atom is 0.134 e. The van der Waals surface area contributed by atoms with Gasteiger partial charge in [0.15, 0.2) is 0 Å². The van der Waals surface area contributed by atoms with E-state index in [2.05, 4.69) is 10.4 Å². The highest BCUT2D eigenvalue weighted by Crippen LogP contribution is 2.24. The fraction of sp³-hybridized carbons (Fsp3) is 0.0625. The molecule has 0 aliphatic carbocycles. The Balaban J connectivity index is 1.73. The van der Waals surface area contributed by atoms with E-state index in [1.54, 1.807) is 18.3 Å². The normalized spacial score (nSPS) is 10.5. The first-order chi connectivity index (χ1) is 10.2. The molecule has 1 aromatic heterocycles. The van der Waals surface area contributed by atoms with E-state index in [0.29, 0.717) is 11.6 Å². The molecular weight excluding hydrogens is 286 g/mol. The highest BCUT2D eigenvalue weighted by molar-refractivity contribution is 6.32. The molecular formula is C16H14ClN3O. The maximum absolute atomic E-state index is 9.41. The van der Waals surface area contributed by atoms with Gasteiger partial charge < -0.3 is 10.4 Å². The lowest BCUT2D eigenvalue weighted by atomic mass is 10.2. The third kappa shape index (κ3) is 3.17. The first-order valence-corrected chi connectivity index (χ1v) is 6.91. The average Bonchev–Trinajstić information content (AvgIpc) is 3.03. The van der Waals surface area contributed by atoms with E-state index in [0.717, 1.165) is 16.9 Å². The Hall–Kier alpha value is -2.46. The summed E-state index contributed by atoms with van der Waals surface area (Å²) in [5, 5.41) is 17.3. The molecule has 5 heteroatoms. The van der Waals surface area contributed by atoms with E-state index in [1.807, 2.05) is 47.3 Å². The van der Waals surface area contributed by atoms with Crippen LogP contribution in [0.1, 0.15) is 5.56 Å². The van der Waals surface area contributed by atoms with E-state index < -0.39 is 0 Å². The number of phenols is 1. The standard InChI is InChI=1S/C16H14ClN3O/c17-15-9-12(5-6-16(15)21)11-18-13-3-1-4-14(10-13)20-8-2-7-19-20/h1-10,18,21H,11H2. The molecule has 0 bridgehead atoms. The number of aromatic hydroxyl groups is 1. The Morgan fingerprint density at radius 1 is 1.14 bits per heavy atom. The molecule has 4 nitrogen and oxygen atoms in total. The maximum atomic E-state index is 9.41. The Kier molecular flexibility index (Phi) is 3.79. The second kappa shape index (κ2) is 5.89. The lowest BCUT2D eigenvalue weighted by Crippen LogP contribution is -2.01. The molecule has 0 aliphatic rings. The summed E-state index contributed by atoms with van der Waals surface area (Å²) in [6.07, 6.45) is 3.65. The van der Waals surface area contributed by atoms with Gasteiger partial charge in [0.2, 0.25) is 0 Å². The van der Waals surface area contributed by atoms with Gasteiger partial charge in [-0.1, -0.05) is 23.7 Å². The fourth-order valence-electron chi connectivity index (χ4n) is 2.04. The predicted octanol–water partition coefficient (Wildman–Crippen LogP) is 3.84. The van der Waals surface area contributed by atoms with Crippen LogP contribution in [0.25, 0.3) is 5.69 Å². The molecule has 3 rings (SSSR count). The van der Waals surface area contributed by atoms with E-state index in [9.17, 15) is 5.11 Å². The number of hydrogen-bond acceptors (Lipinski definition) is 3. The molecule has 0 spiro atoms. The van der Waals surface area contributed by atoms with Crippen LogP contribution in [0.5, 0.6) is 5.75 Å². The van der Waals surface area contributed by atoms with Crippen molar-refractivity contribution in [3.05, 3.63) is 71.5 Å². The van der Waals surface area contributed by atoms with Crippen molar-refractivity contribution in [2.75, 3.05) is 5.32 Å². The van der Waals surface area contributed by atoms with Crippen LogP contribution in [0.15, 0.2) is 60.9 Å². The van der Waals surface area contributed by atoms with Gasteiger partial charge >= 0.3 is 0 Å². The Morgan fingerprint density at radius 2 is 2.05 bits per heavy atom. The van der Waals surface area contributed by atoms with E-state index in [-0.39, 0.29) is 5.75 Å². The van der Waals surface area contributed by atoms with Crippen molar-refractivity contribution in [1.29, 1.82) is 0 Å². The molecule has 0 fully saturated rings. The predicted molar refractivity (Wildman–Crippen MR) is 84.0 cm³/mol. The summed E-state index contributed by atoms with van der Waals surface area (Å²) in [6.45, 7) is 0.628. The van der Waals surface area contributed by atoms with Gasteiger partial charge in [-0.25, -0.2) is 4.68 Å². The lowest BCUT2D eigenvalue weighted by Gasteiger charge is -2.09. The molecule has 0 atom stereocenters. The molecule has 2 aromatic carbocycles. The zero-order valence-electron chi connectivity index (χ0n) is 11.2. The number of phenolic OH excluding ortho intramolecular Hbond substituents is 1. The quantitative estimate of drug-likeness (QED) is 0.769. The summed E-state index contributed by atoms with van der Waals surface area (Å²) in [5.41, 5.74) is 2.99. The van der Waals surface area contributed by atoms with Crippen molar-refractivity contribution in [1.82, 2.24) is 9.78 Å². The smallest absolute Gasteiger partial charge is 0.134 e. The number of nitrogens with one attached hydrogen (secondary N) is 1. The molecule has 0 saturated carbocycles. The monoisotopic (exact) mass is 299 g/mol. The van der Waals surface area contributed by atoms with Crippen LogP contribution in [0.4, 0.5) is 5.69 Å². The summed E-state index contributed by atoms with van der Waals surface area (Å²) in [4.78, 5) is 0. The Morgan fingerprint density at radius 3 is 2.81 bits per heavy atom. The third-order valence-corrected chi connectivity index (χ3v) is 3.43. The summed E-state index contributed by atoms with van der Waals surface area (Å²) in [7, 11) is 0. The lowest BCUT2D eigenvalue weighted by molar-refractivity contribution is 0.475. The molecule has 21 heavy (non-hydrogen) atoms. The minimum absolute atomic E-state index is 0.0982. The van der Waals surface area contributed by atoms with Crippen molar-refractivity contribution in [3.63, 3.8) is 0 Å². The van der Waals surface area contributed by atoms with Crippen LogP contribution >= 0.6 is 11.6 Å². The van der Waals surface area contributed by atoms with E-state index >= 15 is 0 Å². The van der Waals surface area contributed by atoms with Crippen molar-refractivity contribution in [2.24, 2.45) is 0 Å². The number of anilines is 1. The largest absolute Gasteiger partial charge is 0.506 e. The second-order valence-electron chi connectivity index (χ2n) is 4.64. The molecule has 0 radical (unpaired) electrons.